The van der Waals surface area contributed by atoms with E-state index in [-0.39, 0.29) is 0 Å². The van der Waals surface area contributed by atoms with Crippen molar-refractivity contribution in [3.05, 3.63) is 24.3 Å². The molecule has 1 atom stereocenters. The summed E-state index contributed by atoms with van der Waals surface area (Å²) in [5, 5.41) is 3.35. The number of nitrogens with two attached hydrogens (primary N) is 1. The van der Waals surface area contributed by atoms with E-state index < -0.39 is 0 Å². The lowest BCUT2D eigenvalue weighted by Crippen LogP contribution is -2.13. The van der Waals surface area contributed by atoms with E-state index >= 15 is 0 Å². The van der Waals surface area contributed by atoms with Gasteiger partial charge in [-0.15, -0.1) is 0 Å². The molecule has 2 nitrogen and oxygen atoms in total. The van der Waals surface area contributed by atoms with Crippen molar-refractivity contribution in [2.45, 2.75) is 26.3 Å². The summed E-state index contributed by atoms with van der Waals surface area (Å²) in [6.07, 6.45) is 1.12. The van der Waals surface area contributed by atoms with Gasteiger partial charge in [-0.2, -0.15) is 0 Å². The van der Waals surface area contributed by atoms with Crippen molar-refractivity contribution in [2.24, 2.45) is 0 Å². The minimum Gasteiger partial charge on any atom is -0.399 e. The van der Waals surface area contributed by atoms with Gasteiger partial charge >= 0.3 is 0 Å². The third-order valence-corrected chi connectivity index (χ3v) is 1.91. The molecule has 1 rings (SSSR count). The van der Waals surface area contributed by atoms with Gasteiger partial charge in [-0.3, -0.25) is 0 Å². The molecule has 66 valence electrons. The average molecular weight is 164 g/mol. The van der Waals surface area contributed by atoms with Gasteiger partial charge in [-0.1, -0.05) is 13.0 Å². The average Bonchev–Trinajstić information content (AvgIpc) is 2.04. The van der Waals surface area contributed by atoms with Crippen LogP contribution in [0, 0.1) is 0 Å². The Kier molecular flexibility index (Phi) is 2.97. The Bertz CT molecular complexity index is 245. The van der Waals surface area contributed by atoms with E-state index in [1.807, 2.05) is 24.3 Å². The minimum absolute atomic E-state index is 0.506. The lowest BCUT2D eigenvalue weighted by molar-refractivity contribution is 0.764. The molecule has 1 aromatic carbocycles. The Labute approximate surface area is 73.8 Å². The summed E-state index contributed by atoms with van der Waals surface area (Å²) in [5.41, 5.74) is 7.55. The smallest absolute Gasteiger partial charge is 0.0362 e. The van der Waals surface area contributed by atoms with Gasteiger partial charge in [0.1, 0.15) is 0 Å². The second kappa shape index (κ2) is 4.00. The van der Waals surface area contributed by atoms with Gasteiger partial charge in [-0.25, -0.2) is 0 Å². The molecular weight excluding hydrogens is 148 g/mol. The Balaban J connectivity index is 2.63. The molecule has 0 aromatic heterocycles. The van der Waals surface area contributed by atoms with Crippen LogP contribution in [0.2, 0.25) is 0 Å². The topological polar surface area (TPSA) is 38.0 Å². The zero-order valence-electron chi connectivity index (χ0n) is 7.67. The lowest BCUT2D eigenvalue weighted by Gasteiger charge is -2.12. The number of rotatable bonds is 3. The number of nitrogens with one attached hydrogen (secondary N) is 1. The first-order valence-corrected chi connectivity index (χ1v) is 4.34. The fraction of sp³-hybridized carbons (Fsp3) is 0.400. The predicted molar refractivity (Wildman–Crippen MR) is 54.2 cm³/mol. The van der Waals surface area contributed by atoms with Gasteiger partial charge in [0.25, 0.3) is 0 Å². The number of hydrogen-bond donors (Lipinski definition) is 2. The van der Waals surface area contributed by atoms with Crippen LogP contribution in [0.1, 0.15) is 20.3 Å². The van der Waals surface area contributed by atoms with E-state index in [2.05, 4.69) is 19.2 Å². The van der Waals surface area contributed by atoms with Crippen molar-refractivity contribution >= 4 is 11.4 Å². The highest BCUT2D eigenvalue weighted by molar-refractivity contribution is 5.54. The molecule has 1 aromatic rings. The molecule has 0 amide bonds. The van der Waals surface area contributed by atoms with Crippen LogP contribution in [-0.2, 0) is 0 Å². The predicted octanol–water partition coefficient (Wildman–Crippen LogP) is 2.48. The molecule has 0 bridgehead atoms. The fourth-order valence-electron chi connectivity index (χ4n) is 1.02. The highest BCUT2D eigenvalue weighted by Gasteiger charge is 1.97. The van der Waals surface area contributed by atoms with Gasteiger partial charge < -0.3 is 11.1 Å². The summed E-state index contributed by atoms with van der Waals surface area (Å²) in [5.74, 6) is 0. The maximum absolute atomic E-state index is 5.64. The summed E-state index contributed by atoms with van der Waals surface area (Å²) in [6.45, 7) is 4.31. The van der Waals surface area contributed by atoms with E-state index in [1.54, 1.807) is 0 Å². The molecule has 0 fully saturated rings. The van der Waals surface area contributed by atoms with Crippen LogP contribution >= 0.6 is 0 Å². The number of nitrogen functional groups attached to an aromatic ring is 1. The normalized spacial score (nSPS) is 12.5. The van der Waals surface area contributed by atoms with Crippen LogP contribution in [0.5, 0.6) is 0 Å². The summed E-state index contributed by atoms with van der Waals surface area (Å²) in [4.78, 5) is 0. The summed E-state index contributed by atoms with van der Waals surface area (Å²) >= 11 is 0. The first-order valence-electron chi connectivity index (χ1n) is 4.34. The Morgan fingerprint density at radius 2 is 2.25 bits per heavy atom. The van der Waals surface area contributed by atoms with Crippen molar-refractivity contribution in [1.29, 1.82) is 0 Å². The summed E-state index contributed by atoms with van der Waals surface area (Å²) < 4.78 is 0. The van der Waals surface area contributed by atoms with Gasteiger partial charge in [0.05, 0.1) is 0 Å². The Morgan fingerprint density at radius 3 is 2.83 bits per heavy atom. The zero-order chi connectivity index (χ0) is 8.97. The van der Waals surface area contributed by atoms with Gasteiger partial charge in [0, 0.05) is 17.4 Å². The van der Waals surface area contributed by atoms with E-state index in [0.29, 0.717) is 6.04 Å². The molecule has 3 N–H and O–H groups in total. The van der Waals surface area contributed by atoms with Crippen molar-refractivity contribution in [3.8, 4) is 0 Å². The van der Waals surface area contributed by atoms with E-state index in [0.717, 1.165) is 17.8 Å². The summed E-state index contributed by atoms with van der Waals surface area (Å²) in [6, 6.07) is 8.34. The highest BCUT2D eigenvalue weighted by Crippen LogP contribution is 2.13. The van der Waals surface area contributed by atoms with Crippen LogP contribution in [0.25, 0.3) is 0 Å². The fourth-order valence-corrected chi connectivity index (χ4v) is 1.02. The molecule has 0 aliphatic carbocycles. The van der Waals surface area contributed by atoms with Gasteiger partial charge in [-0.05, 0) is 31.5 Å². The third kappa shape index (κ3) is 2.46. The van der Waals surface area contributed by atoms with Gasteiger partial charge in [0.15, 0.2) is 0 Å². The molecule has 12 heavy (non-hydrogen) atoms. The van der Waals surface area contributed by atoms with Crippen LogP contribution in [0.3, 0.4) is 0 Å². The largest absolute Gasteiger partial charge is 0.399 e. The van der Waals surface area contributed by atoms with Crippen LogP contribution in [-0.4, -0.2) is 6.04 Å². The van der Waals surface area contributed by atoms with E-state index in [9.17, 15) is 0 Å². The molecule has 0 saturated heterocycles. The third-order valence-electron chi connectivity index (χ3n) is 1.91. The monoisotopic (exact) mass is 164 g/mol. The van der Waals surface area contributed by atoms with Crippen LogP contribution in [0.4, 0.5) is 11.4 Å². The maximum atomic E-state index is 5.64. The minimum atomic E-state index is 0.506. The van der Waals surface area contributed by atoms with E-state index in [4.69, 9.17) is 5.73 Å². The SMILES string of the molecule is CCC(C)Nc1cccc(N)c1. The molecule has 0 heterocycles. The van der Waals surface area contributed by atoms with Gasteiger partial charge in [0.2, 0.25) is 0 Å². The second-order valence-electron chi connectivity index (χ2n) is 3.08. The maximum Gasteiger partial charge on any atom is 0.0362 e. The Morgan fingerprint density at radius 1 is 1.50 bits per heavy atom. The molecular formula is C10H16N2. The van der Waals surface area contributed by atoms with Crippen LogP contribution < -0.4 is 11.1 Å². The summed E-state index contributed by atoms with van der Waals surface area (Å²) in [7, 11) is 0. The molecule has 0 aliphatic heterocycles. The highest BCUT2D eigenvalue weighted by atomic mass is 14.9. The lowest BCUT2D eigenvalue weighted by atomic mass is 10.2. The quantitative estimate of drug-likeness (QED) is 0.673. The molecule has 0 radical (unpaired) electrons. The molecule has 0 spiro atoms. The molecule has 0 saturated carbocycles. The zero-order valence-corrected chi connectivity index (χ0v) is 7.67. The molecule has 0 aliphatic rings. The number of benzene rings is 1. The second-order valence-corrected chi connectivity index (χ2v) is 3.08. The van der Waals surface area contributed by atoms with Crippen molar-refractivity contribution in [2.75, 3.05) is 11.1 Å². The number of hydrogen-bond acceptors (Lipinski definition) is 2. The number of anilines is 2. The van der Waals surface area contributed by atoms with E-state index in [1.165, 1.54) is 0 Å². The van der Waals surface area contributed by atoms with Crippen molar-refractivity contribution < 1.29 is 0 Å². The Hall–Kier alpha value is -1.18. The van der Waals surface area contributed by atoms with Crippen LogP contribution in [0.15, 0.2) is 24.3 Å². The first kappa shape index (κ1) is 8.91. The molecule has 2 heteroatoms. The molecule has 1 unspecified atom stereocenters. The van der Waals surface area contributed by atoms with Crippen molar-refractivity contribution in [3.63, 3.8) is 0 Å². The first-order chi connectivity index (χ1) is 5.72. The standard InChI is InChI=1S/C10H16N2/c1-3-8(2)12-10-6-4-5-9(11)7-10/h4-8,12H,3,11H2,1-2H3. The van der Waals surface area contributed by atoms with Crippen molar-refractivity contribution in [1.82, 2.24) is 0 Å².